The minimum atomic E-state index is -0.139. The molecule has 0 atom stereocenters. The highest BCUT2D eigenvalue weighted by molar-refractivity contribution is 7.10. The van der Waals surface area contributed by atoms with Gasteiger partial charge in [0, 0.05) is 16.0 Å². The average Bonchev–Trinajstić information content (AvgIpc) is 3.20. The molecule has 0 spiro atoms. The largest absolute Gasteiger partial charge is 0.385 e. The van der Waals surface area contributed by atoms with E-state index in [1.165, 1.54) is 16.0 Å². The zero-order valence-corrected chi connectivity index (χ0v) is 22.4. The number of hydrogen-bond donors (Lipinski definition) is 0. The van der Waals surface area contributed by atoms with Crippen molar-refractivity contribution in [3.05, 3.63) is 80.0 Å². The van der Waals surface area contributed by atoms with Gasteiger partial charge in [-0.2, -0.15) is 0 Å². The van der Waals surface area contributed by atoms with E-state index in [9.17, 15) is 0 Å². The lowest BCUT2D eigenvalue weighted by Crippen LogP contribution is -2.16. The number of benzene rings is 2. The zero-order chi connectivity index (χ0) is 23.8. The summed E-state index contributed by atoms with van der Waals surface area (Å²) >= 11 is 13.8. The second-order valence-corrected chi connectivity index (χ2v) is 11.8. The second-order valence-electron chi connectivity index (χ2n) is 10.5. The highest BCUT2D eigenvalue weighted by Crippen LogP contribution is 2.47. The van der Waals surface area contributed by atoms with E-state index in [1.54, 1.807) is 11.3 Å². The molecule has 0 saturated carbocycles. The Morgan fingerprint density at radius 3 is 1.50 bits per heavy atom. The Morgan fingerprint density at radius 1 is 0.750 bits per heavy atom. The van der Waals surface area contributed by atoms with Gasteiger partial charge >= 0.3 is 0 Å². The van der Waals surface area contributed by atoms with Crippen LogP contribution < -0.4 is 8.58 Å². The topological polar surface area (TPSA) is 18.5 Å². The molecule has 0 N–H and O–H groups in total. The lowest BCUT2D eigenvalue weighted by Gasteiger charge is -2.28. The van der Waals surface area contributed by atoms with Crippen molar-refractivity contribution in [1.29, 1.82) is 0 Å². The van der Waals surface area contributed by atoms with Crippen molar-refractivity contribution >= 4 is 35.1 Å². The minimum Gasteiger partial charge on any atom is -0.385 e. The molecule has 172 valence electrons. The molecule has 2 nitrogen and oxygen atoms in total. The predicted octanol–water partition coefficient (Wildman–Crippen LogP) is 9.21. The van der Waals surface area contributed by atoms with E-state index >= 15 is 0 Å². The van der Waals surface area contributed by atoms with Crippen LogP contribution >= 0.6 is 35.1 Å². The quantitative estimate of drug-likeness (QED) is 0.354. The van der Waals surface area contributed by atoms with Gasteiger partial charge in [0.15, 0.2) is 11.5 Å². The normalized spacial score (nSPS) is 12.3. The van der Waals surface area contributed by atoms with Crippen LogP contribution in [0, 0.1) is 13.8 Å². The van der Waals surface area contributed by atoms with Crippen LogP contribution in [0.15, 0.2) is 41.8 Å². The third kappa shape index (κ3) is 4.95. The standard InChI is InChI=1S/C27H32Cl2O2S/c1-16-12-18(26(3,4)5)14-20(24(16)30-28)23(22-10-9-11-32-22)21-15-19(27(6,7)8)13-17(2)25(21)31-29/h9-15,23H,1-8H3. The summed E-state index contributed by atoms with van der Waals surface area (Å²) < 4.78 is 10.9. The SMILES string of the molecule is Cc1cc(C(C)(C)C)cc(C(c2cccs2)c2cc(C(C)(C)C)cc(C)c2OCl)c1OCl. The Kier molecular flexibility index (Phi) is 7.24. The van der Waals surface area contributed by atoms with Crippen LogP contribution in [0.3, 0.4) is 0 Å². The molecule has 0 fully saturated rings. The van der Waals surface area contributed by atoms with Crippen molar-refractivity contribution in [1.82, 2.24) is 0 Å². The predicted molar refractivity (Wildman–Crippen MR) is 138 cm³/mol. The van der Waals surface area contributed by atoms with Crippen molar-refractivity contribution in [2.45, 2.75) is 72.1 Å². The first-order valence-corrected chi connectivity index (χ1v) is 12.3. The van der Waals surface area contributed by atoms with Crippen molar-refractivity contribution in [2.75, 3.05) is 0 Å². The van der Waals surface area contributed by atoms with E-state index in [-0.39, 0.29) is 16.7 Å². The first kappa shape index (κ1) is 25.0. The third-order valence-corrected chi connectivity index (χ3v) is 7.19. The molecule has 0 bridgehead atoms. The molecule has 1 heterocycles. The summed E-state index contributed by atoms with van der Waals surface area (Å²) in [7, 11) is 0. The van der Waals surface area contributed by atoms with E-state index in [0.717, 1.165) is 22.3 Å². The van der Waals surface area contributed by atoms with Crippen molar-refractivity contribution < 1.29 is 8.58 Å². The number of rotatable bonds is 5. The Bertz CT molecular complexity index is 1020. The first-order valence-electron chi connectivity index (χ1n) is 10.8. The zero-order valence-electron chi connectivity index (χ0n) is 20.1. The van der Waals surface area contributed by atoms with Crippen LogP contribution in [0.4, 0.5) is 0 Å². The molecular formula is C27H32Cl2O2S. The summed E-state index contributed by atoms with van der Waals surface area (Å²) in [6.45, 7) is 17.4. The van der Waals surface area contributed by atoms with E-state index in [1.807, 2.05) is 13.8 Å². The van der Waals surface area contributed by atoms with Gasteiger partial charge in [-0.15, -0.1) is 11.3 Å². The molecule has 5 heteroatoms. The molecule has 0 amide bonds. The molecule has 0 radical (unpaired) electrons. The number of hydrogen-bond acceptors (Lipinski definition) is 3. The van der Waals surface area contributed by atoms with E-state index in [2.05, 4.69) is 83.3 Å². The monoisotopic (exact) mass is 490 g/mol. The number of halogens is 2. The summed E-state index contributed by atoms with van der Waals surface area (Å²) in [6, 6.07) is 12.9. The maximum atomic E-state index is 6.05. The average molecular weight is 492 g/mol. The third-order valence-electron chi connectivity index (χ3n) is 5.94. The molecule has 3 rings (SSSR count). The van der Waals surface area contributed by atoms with Crippen LogP contribution in [0.25, 0.3) is 0 Å². The maximum Gasteiger partial charge on any atom is 0.153 e. The lowest BCUT2D eigenvalue weighted by atomic mass is 9.78. The fraction of sp³-hybridized carbons (Fsp3) is 0.407. The highest BCUT2D eigenvalue weighted by atomic mass is 35.5. The van der Waals surface area contributed by atoms with Gasteiger partial charge in [0.2, 0.25) is 0 Å². The van der Waals surface area contributed by atoms with Crippen LogP contribution in [-0.2, 0) is 10.8 Å². The fourth-order valence-electron chi connectivity index (χ4n) is 4.04. The van der Waals surface area contributed by atoms with E-state index in [4.69, 9.17) is 32.3 Å². The van der Waals surface area contributed by atoms with Crippen LogP contribution in [0.5, 0.6) is 11.5 Å². The minimum absolute atomic E-state index is 0.0284. The van der Waals surface area contributed by atoms with Crippen molar-refractivity contribution in [3.63, 3.8) is 0 Å². The fourth-order valence-corrected chi connectivity index (χ4v) is 5.32. The van der Waals surface area contributed by atoms with Crippen LogP contribution in [-0.4, -0.2) is 0 Å². The molecule has 1 aromatic heterocycles. The molecular weight excluding hydrogens is 459 g/mol. The summed E-state index contributed by atoms with van der Waals surface area (Å²) in [5.41, 5.74) is 6.41. The van der Waals surface area contributed by atoms with Gasteiger partial charge in [0.25, 0.3) is 0 Å². The molecule has 0 aliphatic heterocycles. The smallest absolute Gasteiger partial charge is 0.153 e. The highest BCUT2D eigenvalue weighted by Gasteiger charge is 2.30. The number of aryl methyl sites for hydroxylation is 2. The van der Waals surface area contributed by atoms with Gasteiger partial charge in [-0.05, 0) is 58.4 Å². The Balaban J connectivity index is 2.42. The molecule has 0 aliphatic rings. The Morgan fingerprint density at radius 2 is 1.19 bits per heavy atom. The van der Waals surface area contributed by atoms with Crippen LogP contribution in [0.2, 0.25) is 0 Å². The van der Waals surface area contributed by atoms with Gasteiger partial charge in [0.05, 0.1) is 5.92 Å². The van der Waals surface area contributed by atoms with Gasteiger partial charge in [-0.25, -0.2) is 0 Å². The van der Waals surface area contributed by atoms with Gasteiger partial charge in [-0.1, -0.05) is 71.9 Å². The molecule has 0 unspecified atom stereocenters. The van der Waals surface area contributed by atoms with E-state index in [0.29, 0.717) is 11.5 Å². The second kappa shape index (κ2) is 9.29. The van der Waals surface area contributed by atoms with Gasteiger partial charge in [-0.3, -0.25) is 0 Å². The first-order chi connectivity index (χ1) is 14.9. The number of thiophene rings is 1. The molecule has 3 aromatic rings. The van der Waals surface area contributed by atoms with Crippen molar-refractivity contribution in [3.8, 4) is 11.5 Å². The molecule has 0 saturated heterocycles. The summed E-state index contributed by atoms with van der Waals surface area (Å²) in [4.78, 5) is 1.17. The summed E-state index contributed by atoms with van der Waals surface area (Å²) in [5, 5.41) is 2.09. The molecule has 0 aliphatic carbocycles. The maximum absolute atomic E-state index is 6.05. The van der Waals surface area contributed by atoms with Crippen molar-refractivity contribution in [2.24, 2.45) is 0 Å². The molecule has 2 aromatic carbocycles. The van der Waals surface area contributed by atoms with Gasteiger partial charge < -0.3 is 8.58 Å². The summed E-state index contributed by atoms with van der Waals surface area (Å²) in [5.74, 6) is 1.22. The Hall–Kier alpha value is -1.68. The van der Waals surface area contributed by atoms with Crippen LogP contribution in [0.1, 0.15) is 85.7 Å². The van der Waals surface area contributed by atoms with E-state index < -0.39 is 0 Å². The Labute approximate surface area is 206 Å². The lowest BCUT2D eigenvalue weighted by molar-refractivity contribution is 0.566. The van der Waals surface area contributed by atoms with Gasteiger partial charge in [0.1, 0.15) is 23.7 Å². The summed E-state index contributed by atoms with van der Waals surface area (Å²) in [6.07, 6.45) is 0. The molecule has 32 heavy (non-hydrogen) atoms.